The van der Waals surface area contributed by atoms with Crippen LogP contribution in [0.15, 0.2) is 36.4 Å². The Hall–Kier alpha value is -1.13. The molecule has 2 aromatic rings. The van der Waals surface area contributed by atoms with E-state index in [0.29, 0.717) is 0 Å². The third kappa shape index (κ3) is 3.45. The van der Waals surface area contributed by atoms with Crippen molar-refractivity contribution in [2.75, 3.05) is 6.16 Å². The standard InChI is InChI=1S/C18H22P/c1-6-19(17-9-13(2)7-14(3)10-17)18-11-15(4)8-16(5)12-18/h7-12H,1,6H2,2-5H3. The molecule has 0 saturated heterocycles. The Labute approximate surface area is 118 Å². The van der Waals surface area contributed by atoms with Crippen molar-refractivity contribution in [2.24, 2.45) is 0 Å². The fraction of sp³-hybridized carbons (Fsp3) is 0.278. The molecule has 1 heteroatoms. The molecule has 0 aromatic heterocycles. The molecule has 0 spiro atoms. The SMILES string of the molecule is [CH2]CP(c1cc(C)cc(C)c1)c1cc(C)cc(C)c1. The number of hydrogen-bond donors (Lipinski definition) is 0. The molecular weight excluding hydrogens is 247 g/mol. The van der Waals surface area contributed by atoms with E-state index in [9.17, 15) is 0 Å². The molecule has 1 radical (unpaired) electrons. The molecule has 0 N–H and O–H groups in total. The lowest BCUT2D eigenvalue weighted by atomic mass is 10.2. The summed E-state index contributed by atoms with van der Waals surface area (Å²) in [7, 11) is -0.325. The van der Waals surface area contributed by atoms with E-state index >= 15 is 0 Å². The predicted molar refractivity (Wildman–Crippen MR) is 88.2 cm³/mol. The quantitative estimate of drug-likeness (QED) is 0.733. The Kier molecular flexibility index (Phi) is 4.42. The predicted octanol–water partition coefficient (Wildman–Crippen LogP) is 4.19. The minimum Gasteiger partial charge on any atom is -0.0563 e. The van der Waals surface area contributed by atoms with Crippen molar-refractivity contribution in [2.45, 2.75) is 27.7 Å². The summed E-state index contributed by atoms with van der Waals surface area (Å²) in [6, 6.07) is 13.8. The Bertz CT molecular complexity index is 492. The highest BCUT2D eigenvalue weighted by molar-refractivity contribution is 7.73. The summed E-state index contributed by atoms with van der Waals surface area (Å²) in [4.78, 5) is 0. The molecule has 2 aromatic carbocycles. The van der Waals surface area contributed by atoms with Crippen LogP contribution >= 0.6 is 7.92 Å². The van der Waals surface area contributed by atoms with Gasteiger partial charge in [0.05, 0.1) is 0 Å². The Morgan fingerprint density at radius 1 is 0.684 bits per heavy atom. The maximum absolute atomic E-state index is 4.19. The van der Waals surface area contributed by atoms with Gasteiger partial charge in [0.25, 0.3) is 0 Å². The summed E-state index contributed by atoms with van der Waals surface area (Å²) in [6.45, 7) is 12.9. The van der Waals surface area contributed by atoms with E-state index < -0.39 is 0 Å². The third-order valence-electron chi connectivity index (χ3n) is 3.26. The van der Waals surface area contributed by atoms with Gasteiger partial charge in [-0.2, -0.15) is 0 Å². The fourth-order valence-electron chi connectivity index (χ4n) is 2.62. The molecule has 0 unspecified atom stereocenters. The van der Waals surface area contributed by atoms with E-state index in [-0.39, 0.29) is 7.92 Å². The van der Waals surface area contributed by atoms with Crippen LogP contribution in [0, 0.1) is 34.6 Å². The topological polar surface area (TPSA) is 0 Å². The van der Waals surface area contributed by atoms with Gasteiger partial charge in [-0.25, -0.2) is 0 Å². The van der Waals surface area contributed by atoms with Gasteiger partial charge in [-0.05, 0) is 59.3 Å². The Morgan fingerprint density at radius 3 is 1.26 bits per heavy atom. The van der Waals surface area contributed by atoms with Crippen molar-refractivity contribution in [3.8, 4) is 0 Å². The molecule has 99 valence electrons. The van der Waals surface area contributed by atoms with Crippen LogP contribution in [-0.2, 0) is 0 Å². The second kappa shape index (κ2) is 5.88. The monoisotopic (exact) mass is 269 g/mol. The average molecular weight is 269 g/mol. The van der Waals surface area contributed by atoms with Crippen molar-refractivity contribution in [3.05, 3.63) is 65.6 Å². The first kappa shape index (κ1) is 14.3. The van der Waals surface area contributed by atoms with Crippen LogP contribution in [0.2, 0.25) is 0 Å². The van der Waals surface area contributed by atoms with Crippen LogP contribution in [0.25, 0.3) is 0 Å². The summed E-state index contributed by atoms with van der Waals surface area (Å²) in [5.74, 6) is 0. The van der Waals surface area contributed by atoms with Gasteiger partial charge in [-0.3, -0.25) is 0 Å². The van der Waals surface area contributed by atoms with Gasteiger partial charge in [0.1, 0.15) is 0 Å². The number of hydrogen-bond acceptors (Lipinski definition) is 0. The second-order valence-corrected chi connectivity index (χ2v) is 7.68. The van der Waals surface area contributed by atoms with Crippen LogP contribution < -0.4 is 10.6 Å². The van der Waals surface area contributed by atoms with Gasteiger partial charge in [-0.1, -0.05) is 58.7 Å². The minimum absolute atomic E-state index is 0.325. The van der Waals surface area contributed by atoms with E-state index in [1.165, 1.54) is 32.9 Å². The van der Waals surface area contributed by atoms with Gasteiger partial charge in [0, 0.05) is 0 Å². The number of benzene rings is 2. The highest BCUT2D eigenvalue weighted by Crippen LogP contribution is 2.34. The summed E-state index contributed by atoms with van der Waals surface area (Å²) < 4.78 is 0. The smallest absolute Gasteiger partial charge is 0.0190 e. The molecule has 0 aliphatic heterocycles. The van der Waals surface area contributed by atoms with Crippen molar-refractivity contribution in [1.82, 2.24) is 0 Å². The van der Waals surface area contributed by atoms with E-state index in [0.717, 1.165) is 6.16 Å². The van der Waals surface area contributed by atoms with E-state index in [1.807, 2.05) is 0 Å². The van der Waals surface area contributed by atoms with Gasteiger partial charge in [-0.15, -0.1) is 0 Å². The maximum Gasteiger partial charge on any atom is -0.0190 e. The van der Waals surface area contributed by atoms with Crippen LogP contribution in [0.4, 0.5) is 0 Å². The molecule has 19 heavy (non-hydrogen) atoms. The van der Waals surface area contributed by atoms with Crippen LogP contribution in [0.3, 0.4) is 0 Å². The normalized spacial score (nSPS) is 11.1. The molecule has 0 aliphatic rings. The lowest BCUT2D eigenvalue weighted by Crippen LogP contribution is -2.15. The molecule has 0 nitrogen and oxygen atoms in total. The zero-order valence-corrected chi connectivity index (χ0v) is 13.2. The largest absolute Gasteiger partial charge is 0.0563 e. The van der Waals surface area contributed by atoms with Crippen molar-refractivity contribution in [1.29, 1.82) is 0 Å². The number of rotatable bonds is 3. The van der Waals surface area contributed by atoms with Crippen LogP contribution in [-0.4, -0.2) is 6.16 Å². The summed E-state index contributed by atoms with van der Waals surface area (Å²) >= 11 is 0. The van der Waals surface area contributed by atoms with Gasteiger partial charge in [0.2, 0.25) is 0 Å². The Morgan fingerprint density at radius 2 is 1.00 bits per heavy atom. The maximum atomic E-state index is 4.19. The first-order valence-electron chi connectivity index (χ1n) is 6.73. The molecule has 0 atom stereocenters. The molecular formula is C18H22P. The third-order valence-corrected chi connectivity index (χ3v) is 5.47. The second-order valence-electron chi connectivity index (χ2n) is 5.34. The van der Waals surface area contributed by atoms with Crippen molar-refractivity contribution < 1.29 is 0 Å². The van der Waals surface area contributed by atoms with E-state index in [4.69, 9.17) is 0 Å². The molecule has 0 heterocycles. The first-order valence-corrected chi connectivity index (χ1v) is 8.25. The molecule has 2 rings (SSSR count). The molecule has 0 aliphatic carbocycles. The average Bonchev–Trinajstić information content (AvgIpc) is 2.27. The summed E-state index contributed by atoms with van der Waals surface area (Å²) in [6.07, 6.45) is 0.959. The van der Waals surface area contributed by atoms with Crippen LogP contribution in [0.5, 0.6) is 0 Å². The summed E-state index contributed by atoms with van der Waals surface area (Å²) in [5.41, 5.74) is 5.39. The highest BCUT2D eigenvalue weighted by Gasteiger charge is 2.13. The van der Waals surface area contributed by atoms with Crippen molar-refractivity contribution in [3.63, 3.8) is 0 Å². The lowest BCUT2D eigenvalue weighted by molar-refractivity contribution is 1.40. The highest BCUT2D eigenvalue weighted by atomic mass is 31.1. The van der Waals surface area contributed by atoms with Gasteiger partial charge in [0.15, 0.2) is 0 Å². The summed E-state index contributed by atoms with van der Waals surface area (Å²) in [5, 5.41) is 2.90. The molecule has 0 bridgehead atoms. The Balaban J connectivity index is 2.49. The fourth-order valence-corrected chi connectivity index (χ4v) is 4.87. The van der Waals surface area contributed by atoms with Gasteiger partial charge >= 0.3 is 0 Å². The molecule has 0 saturated carbocycles. The molecule has 0 amide bonds. The number of aryl methyl sites for hydroxylation is 4. The van der Waals surface area contributed by atoms with Crippen LogP contribution in [0.1, 0.15) is 22.3 Å². The van der Waals surface area contributed by atoms with Crippen molar-refractivity contribution >= 4 is 18.5 Å². The van der Waals surface area contributed by atoms with E-state index in [1.54, 1.807) is 0 Å². The molecule has 0 fully saturated rings. The lowest BCUT2D eigenvalue weighted by Gasteiger charge is -2.19. The van der Waals surface area contributed by atoms with Gasteiger partial charge < -0.3 is 0 Å². The zero-order valence-electron chi connectivity index (χ0n) is 12.3. The first-order chi connectivity index (χ1) is 8.99. The minimum atomic E-state index is -0.325. The zero-order chi connectivity index (χ0) is 14.0. The van der Waals surface area contributed by atoms with E-state index in [2.05, 4.69) is 71.0 Å².